The standard InChI is InChI=1S/C31H40O3/c1-2-3-4-5-6-7-8-9-10-11-12-13-14-15-16-17-26-34-30-24-22-28(23-25-30)27-18-20-29(21-19-27)31(32)33/h6-7,9-10,12-13,18-25H,2-5,8,11,14-17,26H2,1H3,(H,32,33)/b7-6-,10-9-,13-12-. The van der Waals surface area contributed by atoms with Crippen LogP contribution < -0.4 is 4.74 Å². The summed E-state index contributed by atoms with van der Waals surface area (Å²) in [6.45, 7) is 2.97. The van der Waals surface area contributed by atoms with Gasteiger partial charge in [0.05, 0.1) is 12.2 Å². The zero-order valence-electron chi connectivity index (χ0n) is 20.6. The van der Waals surface area contributed by atoms with Crippen LogP contribution in [0.3, 0.4) is 0 Å². The van der Waals surface area contributed by atoms with Crippen LogP contribution in [-0.2, 0) is 0 Å². The van der Waals surface area contributed by atoms with E-state index in [1.54, 1.807) is 12.1 Å². The molecule has 2 aromatic rings. The number of unbranched alkanes of at least 4 members (excludes halogenated alkanes) is 6. The molecule has 2 rings (SSSR count). The number of rotatable bonds is 17. The van der Waals surface area contributed by atoms with Gasteiger partial charge in [-0.05, 0) is 86.8 Å². The van der Waals surface area contributed by atoms with Crippen LogP contribution in [0, 0.1) is 0 Å². The molecule has 0 heterocycles. The van der Waals surface area contributed by atoms with E-state index in [4.69, 9.17) is 9.84 Å². The van der Waals surface area contributed by atoms with Gasteiger partial charge >= 0.3 is 5.97 Å². The Morgan fingerprint density at radius 2 is 1.24 bits per heavy atom. The molecule has 0 aliphatic carbocycles. The van der Waals surface area contributed by atoms with Gasteiger partial charge in [-0.1, -0.05) is 80.5 Å². The Morgan fingerprint density at radius 1 is 0.706 bits per heavy atom. The number of hydrogen-bond acceptors (Lipinski definition) is 2. The van der Waals surface area contributed by atoms with Crippen molar-refractivity contribution in [2.75, 3.05) is 6.61 Å². The van der Waals surface area contributed by atoms with Gasteiger partial charge in [0.1, 0.15) is 5.75 Å². The summed E-state index contributed by atoms with van der Waals surface area (Å²) in [6, 6.07) is 14.9. The fourth-order valence-corrected chi connectivity index (χ4v) is 3.57. The van der Waals surface area contributed by atoms with E-state index in [0.717, 1.165) is 55.6 Å². The van der Waals surface area contributed by atoms with Crippen LogP contribution in [0.2, 0.25) is 0 Å². The molecule has 34 heavy (non-hydrogen) atoms. The fraction of sp³-hybridized carbons (Fsp3) is 0.387. The molecule has 3 nitrogen and oxygen atoms in total. The number of hydrogen-bond donors (Lipinski definition) is 1. The summed E-state index contributed by atoms with van der Waals surface area (Å²) in [6.07, 6.45) is 25.4. The van der Waals surface area contributed by atoms with E-state index >= 15 is 0 Å². The molecule has 0 bridgehead atoms. The van der Waals surface area contributed by atoms with Crippen molar-refractivity contribution in [2.45, 2.75) is 71.1 Å². The van der Waals surface area contributed by atoms with Crippen LogP contribution in [0.1, 0.15) is 81.5 Å². The molecule has 0 aliphatic rings. The number of carbonyl (C=O) groups is 1. The second kappa shape index (κ2) is 17.4. The highest BCUT2D eigenvalue weighted by molar-refractivity contribution is 5.88. The van der Waals surface area contributed by atoms with Crippen LogP contribution in [0.4, 0.5) is 0 Å². The van der Waals surface area contributed by atoms with E-state index in [2.05, 4.69) is 43.4 Å². The Hall–Kier alpha value is -3.07. The fourth-order valence-electron chi connectivity index (χ4n) is 3.57. The first kappa shape index (κ1) is 27.2. The van der Waals surface area contributed by atoms with E-state index in [9.17, 15) is 4.79 Å². The zero-order chi connectivity index (χ0) is 24.3. The normalized spacial score (nSPS) is 11.7. The van der Waals surface area contributed by atoms with E-state index in [-0.39, 0.29) is 0 Å². The lowest BCUT2D eigenvalue weighted by molar-refractivity contribution is 0.0697. The highest BCUT2D eigenvalue weighted by Gasteiger charge is 2.03. The summed E-state index contributed by atoms with van der Waals surface area (Å²) in [5.41, 5.74) is 2.34. The van der Waals surface area contributed by atoms with Gasteiger partial charge in [0, 0.05) is 0 Å². The molecule has 0 saturated heterocycles. The molecule has 0 spiro atoms. The minimum Gasteiger partial charge on any atom is -0.494 e. The van der Waals surface area contributed by atoms with Crippen LogP contribution in [0.15, 0.2) is 85.0 Å². The molecule has 1 N–H and O–H groups in total. The van der Waals surface area contributed by atoms with Crippen LogP contribution in [-0.4, -0.2) is 17.7 Å². The number of carboxylic acid groups (broad SMARTS) is 1. The van der Waals surface area contributed by atoms with E-state index in [1.807, 2.05) is 36.4 Å². The highest BCUT2D eigenvalue weighted by Crippen LogP contribution is 2.23. The van der Waals surface area contributed by atoms with Crippen molar-refractivity contribution in [3.8, 4) is 16.9 Å². The highest BCUT2D eigenvalue weighted by atomic mass is 16.5. The molecule has 0 unspecified atom stereocenters. The smallest absolute Gasteiger partial charge is 0.335 e. The predicted octanol–water partition coefficient (Wildman–Crippen LogP) is 9.02. The second-order valence-corrected chi connectivity index (χ2v) is 8.49. The third-order valence-electron chi connectivity index (χ3n) is 5.62. The quantitative estimate of drug-likeness (QED) is 0.189. The molecule has 0 aromatic heterocycles. The first-order valence-electron chi connectivity index (χ1n) is 12.7. The summed E-state index contributed by atoms with van der Waals surface area (Å²) in [4.78, 5) is 11.0. The van der Waals surface area contributed by atoms with Crippen LogP contribution >= 0.6 is 0 Å². The van der Waals surface area contributed by atoms with Gasteiger partial charge < -0.3 is 9.84 Å². The first-order chi connectivity index (χ1) is 16.7. The largest absolute Gasteiger partial charge is 0.494 e. The minimum atomic E-state index is -0.907. The van der Waals surface area contributed by atoms with Crippen molar-refractivity contribution >= 4 is 5.97 Å². The molecular formula is C31H40O3. The number of allylic oxidation sites excluding steroid dienone is 6. The monoisotopic (exact) mass is 460 g/mol. The molecule has 0 radical (unpaired) electrons. The average Bonchev–Trinajstić information content (AvgIpc) is 2.86. The summed E-state index contributed by atoms with van der Waals surface area (Å²) >= 11 is 0. The predicted molar refractivity (Wildman–Crippen MR) is 144 cm³/mol. The maximum atomic E-state index is 11.0. The van der Waals surface area contributed by atoms with Crippen molar-refractivity contribution in [3.63, 3.8) is 0 Å². The third-order valence-corrected chi connectivity index (χ3v) is 5.62. The molecule has 2 aromatic carbocycles. The SMILES string of the molecule is CCCCC/C=C\C/C=C\C/C=C\CCCCCOc1ccc(-c2ccc(C(=O)O)cc2)cc1. The van der Waals surface area contributed by atoms with Gasteiger partial charge in [0.2, 0.25) is 0 Å². The van der Waals surface area contributed by atoms with Crippen molar-refractivity contribution in [2.24, 2.45) is 0 Å². The van der Waals surface area contributed by atoms with Crippen molar-refractivity contribution < 1.29 is 14.6 Å². The van der Waals surface area contributed by atoms with Gasteiger partial charge in [-0.2, -0.15) is 0 Å². The molecule has 0 aliphatic heterocycles. The number of aromatic carboxylic acids is 1. The lowest BCUT2D eigenvalue weighted by atomic mass is 10.0. The first-order valence-corrected chi connectivity index (χ1v) is 12.7. The van der Waals surface area contributed by atoms with Gasteiger partial charge in [-0.15, -0.1) is 0 Å². The summed E-state index contributed by atoms with van der Waals surface area (Å²) < 4.78 is 5.86. The van der Waals surface area contributed by atoms with Crippen molar-refractivity contribution in [1.82, 2.24) is 0 Å². The minimum absolute atomic E-state index is 0.299. The average molecular weight is 461 g/mol. The topological polar surface area (TPSA) is 46.5 Å². The Bertz CT molecular complexity index is 889. The summed E-state index contributed by atoms with van der Waals surface area (Å²) in [5, 5.41) is 9.00. The number of ether oxygens (including phenoxy) is 1. The van der Waals surface area contributed by atoms with E-state index in [1.165, 1.54) is 32.1 Å². The van der Waals surface area contributed by atoms with Gasteiger partial charge in [-0.3, -0.25) is 0 Å². The zero-order valence-corrected chi connectivity index (χ0v) is 20.6. The van der Waals surface area contributed by atoms with Crippen LogP contribution in [0.25, 0.3) is 11.1 Å². The molecular weight excluding hydrogens is 420 g/mol. The molecule has 0 atom stereocenters. The third kappa shape index (κ3) is 11.7. The molecule has 0 saturated carbocycles. The van der Waals surface area contributed by atoms with Crippen molar-refractivity contribution in [1.29, 1.82) is 0 Å². The number of benzene rings is 2. The van der Waals surface area contributed by atoms with Gasteiger partial charge in [-0.25, -0.2) is 4.79 Å². The Labute approximate surface area is 205 Å². The maximum Gasteiger partial charge on any atom is 0.335 e. The van der Waals surface area contributed by atoms with Gasteiger partial charge in [0.25, 0.3) is 0 Å². The lowest BCUT2D eigenvalue weighted by Gasteiger charge is -2.07. The summed E-state index contributed by atoms with van der Waals surface area (Å²) in [5.74, 6) is -0.0381. The molecule has 0 amide bonds. The lowest BCUT2D eigenvalue weighted by Crippen LogP contribution is -1.97. The number of carboxylic acids is 1. The Kier molecular flexibility index (Phi) is 13.9. The van der Waals surface area contributed by atoms with E-state index < -0.39 is 5.97 Å². The second-order valence-electron chi connectivity index (χ2n) is 8.49. The van der Waals surface area contributed by atoms with Crippen LogP contribution in [0.5, 0.6) is 5.75 Å². The molecule has 3 heteroatoms. The van der Waals surface area contributed by atoms with Crippen molar-refractivity contribution in [3.05, 3.63) is 90.6 Å². The maximum absolute atomic E-state index is 11.0. The Balaban J connectivity index is 1.50. The molecule has 0 fully saturated rings. The Morgan fingerprint density at radius 3 is 1.79 bits per heavy atom. The molecule has 182 valence electrons. The van der Waals surface area contributed by atoms with E-state index in [0.29, 0.717) is 5.56 Å². The summed E-state index contributed by atoms with van der Waals surface area (Å²) in [7, 11) is 0. The van der Waals surface area contributed by atoms with Gasteiger partial charge in [0.15, 0.2) is 0 Å².